The number of fused-ring (bicyclic) bond motifs is 1. The molecule has 0 saturated carbocycles. The number of hydrogen-bond donors (Lipinski definition) is 0. The van der Waals surface area contributed by atoms with E-state index in [1.807, 2.05) is 30.3 Å². The van der Waals surface area contributed by atoms with Gasteiger partial charge in [0.05, 0.1) is 17.6 Å². The maximum Gasteiger partial charge on any atom is 0.269 e. The molecule has 0 saturated heterocycles. The average molecular weight is 307 g/mol. The van der Waals surface area contributed by atoms with E-state index >= 15 is 0 Å². The molecular formula is C18H13NO4. The van der Waals surface area contributed by atoms with Crippen LogP contribution >= 0.6 is 0 Å². The first-order valence-electron chi connectivity index (χ1n) is 6.96. The molecule has 3 aromatic rings. The summed E-state index contributed by atoms with van der Waals surface area (Å²) in [6.45, 7) is 0. The lowest BCUT2D eigenvalue weighted by Gasteiger charge is -2.11. The summed E-state index contributed by atoms with van der Waals surface area (Å²) in [6.07, 6.45) is 0. The topological polar surface area (TPSA) is 69.4 Å². The minimum atomic E-state index is -0.493. The summed E-state index contributed by atoms with van der Waals surface area (Å²) < 4.78 is 5.33. The predicted molar refractivity (Wildman–Crippen MR) is 87.0 cm³/mol. The number of rotatable bonds is 4. The quantitative estimate of drug-likeness (QED) is 0.415. The van der Waals surface area contributed by atoms with Gasteiger partial charge in [0.15, 0.2) is 5.78 Å². The lowest BCUT2D eigenvalue weighted by molar-refractivity contribution is -0.384. The first-order valence-corrected chi connectivity index (χ1v) is 6.96. The van der Waals surface area contributed by atoms with E-state index in [2.05, 4.69) is 0 Å². The van der Waals surface area contributed by atoms with Gasteiger partial charge in [-0.2, -0.15) is 0 Å². The Labute approximate surface area is 132 Å². The van der Waals surface area contributed by atoms with Crippen molar-refractivity contribution in [2.24, 2.45) is 0 Å². The lowest BCUT2D eigenvalue weighted by atomic mass is 9.96. The molecule has 0 aliphatic carbocycles. The highest BCUT2D eigenvalue weighted by atomic mass is 16.6. The summed E-state index contributed by atoms with van der Waals surface area (Å²) in [5, 5.41) is 12.4. The number of benzene rings is 3. The molecule has 0 aromatic heterocycles. The molecule has 0 unspecified atom stereocenters. The average Bonchev–Trinajstić information content (AvgIpc) is 2.60. The SMILES string of the molecule is COc1ccc2ccccc2c1C(=O)c1ccc([N+](=O)[O-])cc1. The van der Waals surface area contributed by atoms with Crippen molar-refractivity contribution in [2.75, 3.05) is 7.11 Å². The Hall–Kier alpha value is -3.21. The second-order valence-corrected chi connectivity index (χ2v) is 5.00. The number of methoxy groups -OCH3 is 1. The molecule has 0 aliphatic heterocycles. The van der Waals surface area contributed by atoms with Gasteiger partial charge >= 0.3 is 0 Å². The smallest absolute Gasteiger partial charge is 0.269 e. The number of nitro benzene ring substituents is 1. The number of carbonyl (C=O) groups is 1. The highest BCUT2D eigenvalue weighted by Gasteiger charge is 2.18. The van der Waals surface area contributed by atoms with E-state index in [9.17, 15) is 14.9 Å². The Balaban J connectivity index is 2.15. The zero-order chi connectivity index (χ0) is 16.4. The van der Waals surface area contributed by atoms with E-state index in [0.29, 0.717) is 16.9 Å². The second-order valence-electron chi connectivity index (χ2n) is 5.00. The van der Waals surface area contributed by atoms with Crippen molar-refractivity contribution in [3.8, 4) is 5.75 Å². The molecular weight excluding hydrogens is 294 g/mol. The maximum absolute atomic E-state index is 12.9. The minimum Gasteiger partial charge on any atom is -0.496 e. The number of carbonyl (C=O) groups excluding carboxylic acids is 1. The van der Waals surface area contributed by atoms with Crippen LogP contribution in [-0.2, 0) is 0 Å². The van der Waals surface area contributed by atoms with Crippen molar-refractivity contribution in [3.05, 3.63) is 81.9 Å². The van der Waals surface area contributed by atoms with Gasteiger partial charge < -0.3 is 4.74 Å². The zero-order valence-corrected chi connectivity index (χ0v) is 12.4. The van der Waals surface area contributed by atoms with Crippen molar-refractivity contribution in [3.63, 3.8) is 0 Å². The van der Waals surface area contributed by atoms with E-state index < -0.39 is 4.92 Å². The minimum absolute atomic E-state index is 0.0496. The van der Waals surface area contributed by atoms with Gasteiger partial charge in [-0.05, 0) is 29.0 Å². The Bertz CT molecular complexity index is 901. The molecule has 5 nitrogen and oxygen atoms in total. The van der Waals surface area contributed by atoms with Crippen LogP contribution in [0.25, 0.3) is 10.8 Å². The standard InChI is InChI=1S/C18H13NO4/c1-23-16-11-8-12-4-2-3-5-15(12)17(16)18(20)13-6-9-14(10-7-13)19(21)22/h2-11H,1H3. The fourth-order valence-corrected chi connectivity index (χ4v) is 2.53. The molecule has 23 heavy (non-hydrogen) atoms. The molecule has 0 amide bonds. The Kier molecular flexibility index (Phi) is 3.76. The third kappa shape index (κ3) is 2.64. The number of ether oxygens (including phenoxy) is 1. The van der Waals surface area contributed by atoms with E-state index in [1.54, 1.807) is 6.07 Å². The number of hydrogen-bond acceptors (Lipinski definition) is 4. The van der Waals surface area contributed by atoms with E-state index in [-0.39, 0.29) is 11.5 Å². The molecule has 0 N–H and O–H groups in total. The van der Waals surface area contributed by atoms with Crippen LogP contribution in [0.5, 0.6) is 5.75 Å². The molecule has 114 valence electrons. The van der Waals surface area contributed by atoms with E-state index in [4.69, 9.17) is 4.74 Å². The van der Waals surface area contributed by atoms with Crippen LogP contribution in [0.3, 0.4) is 0 Å². The second kappa shape index (κ2) is 5.88. The first kappa shape index (κ1) is 14.7. The molecule has 0 atom stereocenters. The van der Waals surface area contributed by atoms with Crippen molar-refractivity contribution >= 4 is 22.2 Å². The molecule has 3 rings (SSSR count). The van der Waals surface area contributed by atoms with Crippen molar-refractivity contribution in [1.82, 2.24) is 0 Å². The number of ketones is 1. The summed E-state index contributed by atoms with van der Waals surface area (Å²) in [6, 6.07) is 16.7. The summed E-state index contributed by atoms with van der Waals surface area (Å²) in [7, 11) is 1.51. The highest BCUT2D eigenvalue weighted by molar-refractivity contribution is 6.18. The van der Waals surface area contributed by atoms with Gasteiger partial charge in [0, 0.05) is 17.7 Å². The van der Waals surface area contributed by atoms with Crippen molar-refractivity contribution in [1.29, 1.82) is 0 Å². The Morgan fingerprint density at radius 3 is 2.35 bits per heavy atom. The molecule has 5 heteroatoms. The van der Waals surface area contributed by atoms with Gasteiger partial charge in [0.2, 0.25) is 0 Å². The molecule has 0 radical (unpaired) electrons. The molecule has 0 aliphatic rings. The summed E-state index contributed by atoms with van der Waals surface area (Å²) in [4.78, 5) is 23.1. The van der Waals surface area contributed by atoms with Crippen LogP contribution in [0, 0.1) is 10.1 Å². The normalized spacial score (nSPS) is 10.5. The van der Waals surface area contributed by atoms with Crippen LogP contribution in [0.1, 0.15) is 15.9 Å². The van der Waals surface area contributed by atoms with Gasteiger partial charge in [-0.25, -0.2) is 0 Å². The molecule has 0 bridgehead atoms. The highest BCUT2D eigenvalue weighted by Crippen LogP contribution is 2.30. The third-order valence-corrected chi connectivity index (χ3v) is 3.68. The molecule has 0 spiro atoms. The summed E-state index contributed by atoms with van der Waals surface area (Å²) >= 11 is 0. The maximum atomic E-state index is 12.9. The van der Waals surface area contributed by atoms with Crippen LogP contribution in [0.2, 0.25) is 0 Å². The summed E-state index contributed by atoms with van der Waals surface area (Å²) in [5.41, 5.74) is 0.788. The van der Waals surface area contributed by atoms with Crippen LogP contribution in [-0.4, -0.2) is 17.8 Å². The van der Waals surface area contributed by atoms with E-state index in [1.165, 1.54) is 31.4 Å². The zero-order valence-electron chi connectivity index (χ0n) is 12.4. The van der Waals surface area contributed by atoms with Gasteiger partial charge in [-0.15, -0.1) is 0 Å². The Morgan fingerprint density at radius 2 is 1.70 bits per heavy atom. The van der Waals surface area contributed by atoms with E-state index in [0.717, 1.165) is 10.8 Å². The number of non-ortho nitro benzene ring substituents is 1. The van der Waals surface area contributed by atoms with Crippen LogP contribution in [0.15, 0.2) is 60.7 Å². The first-order chi connectivity index (χ1) is 11.1. The molecule has 3 aromatic carbocycles. The molecule has 0 fully saturated rings. The Morgan fingerprint density at radius 1 is 1.00 bits per heavy atom. The largest absolute Gasteiger partial charge is 0.496 e. The predicted octanol–water partition coefficient (Wildman–Crippen LogP) is 3.99. The van der Waals surface area contributed by atoms with Crippen LogP contribution in [0.4, 0.5) is 5.69 Å². The third-order valence-electron chi connectivity index (χ3n) is 3.68. The fourth-order valence-electron chi connectivity index (χ4n) is 2.53. The van der Waals surface area contributed by atoms with Crippen LogP contribution < -0.4 is 4.74 Å². The lowest BCUT2D eigenvalue weighted by Crippen LogP contribution is -2.05. The molecule has 0 heterocycles. The summed E-state index contributed by atoms with van der Waals surface area (Å²) in [5.74, 6) is 0.251. The van der Waals surface area contributed by atoms with Gasteiger partial charge in [0.25, 0.3) is 5.69 Å². The van der Waals surface area contributed by atoms with Crippen molar-refractivity contribution < 1.29 is 14.5 Å². The number of nitrogens with zero attached hydrogens (tertiary/aromatic N) is 1. The van der Waals surface area contributed by atoms with Gasteiger partial charge in [0.1, 0.15) is 5.75 Å². The van der Waals surface area contributed by atoms with Gasteiger partial charge in [-0.3, -0.25) is 14.9 Å². The monoisotopic (exact) mass is 307 g/mol. The number of nitro groups is 1. The fraction of sp³-hybridized carbons (Fsp3) is 0.0556. The van der Waals surface area contributed by atoms with Crippen molar-refractivity contribution in [2.45, 2.75) is 0 Å². The van der Waals surface area contributed by atoms with Gasteiger partial charge in [-0.1, -0.05) is 30.3 Å².